The number of nitrogens with zero attached hydrogens (tertiary/aromatic N) is 2. The molecular formula is C15H22N4O2. The van der Waals surface area contributed by atoms with Crippen molar-refractivity contribution in [2.45, 2.75) is 19.1 Å². The molecule has 114 valence electrons. The first-order valence-corrected chi connectivity index (χ1v) is 6.93. The van der Waals surface area contributed by atoms with Crippen molar-refractivity contribution in [2.24, 2.45) is 0 Å². The van der Waals surface area contributed by atoms with E-state index >= 15 is 0 Å². The van der Waals surface area contributed by atoms with Gasteiger partial charge in [0.15, 0.2) is 0 Å². The molecule has 1 aromatic heterocycles. The quantitative estimate of drug-likeness (QED) is 0.714. The molecule has 0 aliphatic rings. The van der Waals surface area contributed by atoms with Gasteiger partial charge in [-0.3, -0.25) is 4.79 Å². The lowest BCUT2D eigenvalue weighted by molar-refractivity contribution is 0.0334. The van der Waals surface area contributed by atoms with E-state index in [1.807, 2.05) is 37.2 Å². The first-order valence-electron chi connectivity index (χ1n) is 6.93. The van der Waals surface area contributed by atoms with Gasteiger partial charge in [0, 0.05) is 13.1 Å². The van der Waals surface area contributed by atoms with E-state index in [2.05, 4.69) is 15.3 Å². The third-order valence-electron chi connectivity index (χ3n) is 3.12. The lowest BCUT2D eigenvalue weighted by Crippen LogP contribution is -2.45. The lowest BCUT2D eigenvalue weighted by atomic mass is 10.1. The maximum atomic E-state index is 11.9. The van der Waals surface area contributed by atoms with Gasteiger partial charge in [-0.05, 0) is 33.2 Å². The molecule has 6 heteroatoms. The Morgan fingerprint density at radius 2 is 2.10 bits per heavy atom. The number of hydrogen-bond donors (Lipinski definition) is 3. The summed E-state index contributed by atoms with van der Waals surface area (Å²) in [6.07, 6.45) is 0. The van der Waals surface area contributed by atoms with Gasteiger partial charge in [0.25, 0.3) is 5.56 Å². The fourth-order valence-corrected chi connectivity index (χ4v) is 2.41. The van der Waals surface area contributed by atoms with Crippen LogP contribution >= 0.6 is 0 Å². The number of aromatic amines is 1. The van der Waals surface area contributed by atoms with Gasteiger partial charge in [-0.15, -0.1) is 0 Å². The molecule has 3 N–H and O–H groups in total. The Hall–Kier alpha value is -1.76. The maximum absolute atomic E-state index is 11.9. The highest BCUT2D eigenvalue weighted by Crippen LogP contribution is 2.06. The van der Waals surface area contributed by atoms with E-state index in [0.717, 1.165) is 0 Å². The summed E-state index contributed by atoms with van der Waals surface area (Å²) in [7, 11) is 3.83. The van der Waals surface area contributed by atoms with E-state index in [9.17, 15) is 9.90 Å². The molecule has 2 aromatic rings. The first kappa shape index (κ1) is 15.6. The molecule has 1 aromatic carbocycles. The summed E-state index contributed by atoms with van der Waals surface area (Å²) < 4.78 is 0. The minimum absolute atomic E-state index is 0.141. The van der Waals surface area contributed by atoms with Crippen LogP contribution in [0.15, 0.2) is 29.1 Å². The molecular weight excluding hydrogens is 268 g/mol. The lowest BCUT2D eigenvalue weighted by Gasteiger charge is -2.27. The van der Waals surface area contributed by atoms with Gasteiger partial charge >= 0.3 is 0 Å². The number of H-pyrrole nitrogens is 1. The standard InChI is InChI=1S/C15H22N4O2/c1-15(21,10-19(2)3)9-16-8-13-17-12-7-5-4-6-11(12)14(20)18-13/h4-7,16,21H,8-10H2,1-3H3,(H,17,18,20). The Kier molecular flexibility index (Phi) is 4.72. The molecule has 0 bridgehead atoms. The van der Waals surface area contributed by atoms with Crippen molar-refractivity contribution in [2.75, 3.05) is 27.2 Å². The second kappa shape index (κ2) is 6.34. The minimum Gasteiger partial charge on any atom is -0.388 e. The van der Waals surface area contributed by atoms with Crippen LogP contribution in [0.2, 0.25) is 0 Å². The third kappa shape index (κ3) is 4.35. The number of fused-ring (bicyclic) bond motifs is 1. The van der Waals surface area contributed by atoms with Crippen LogP contribution in [0.5, 0.6) is 0 Å². The van der Waals surface area contributed by atoms with Crippen molar-refractivity contribution >= 4 is 10.9 Å². The topological polar surface area (TPSA) is 81.2 Å². The van der Waals surface area contributed by atoms with E-state index in [1.165, 1.54) is 0 Å². The van der Waals surface area contributed by atoms with Gasteiger partial charge in [0.2, 0.25) is 0 Å². The second-order valence-electron chi connectivity index (χ2n) is 5.87. The molecule has 2 rings (SSSR count). The first-order chi connectivity index (χ1) is 9.87. The highest BCUT2D eigenvalue weighted by atomic mass is 16.3. The fourth-order valence-electron chi connectivity index (χ4n) is 2.41. The second-order valence-corrected chi connectivity index (χ2v) is 5.87. The van der Waals surface area contributed by atoms with Crippen LogP contribution < -0.4 is 10.9 Å². The summed E-state index contributed by atoms with van der Waals surface area (Å²) >= 11 is 0. The van der Waals surface area contributed by atoms with Gasteiger partial charge in [0.05, 0.1) is 23.0 Å². The molecule has 21 heavy (non-hydrogen) atoms. The summed E-state index contributed by atoms with van der Waals surface area (Å²) in [5, 5.41) is 13.9. The molecule has 0 spiro atoms. The van der Waals surface area contributed by atoms with Crippen LogP contribution in [0.4, 0.5) is 0 Å². The van der Waals surface area contributed by atoms with Crippen LogP contribution in [-0.4, -0.2) is 52.8 Å². The molecule has 0 aliphatic heterocycles. The van der Waals surface area contributed by atoms with E-state index in [1.54, 1.807) is 13.0 Å². The Balaban J connectivity index is 2.03. The Bertz CT molecular complexity index is 664. The van der Waals surface area contributed by atoms with Crippen molar-refractivity contribution in [3.05, 3.63) is 40.4 Å². The van der Waals surface area contributed by atoms with Crippen LogP contribution in [0, 0.1) is 0 Å². The average molecular weight is 290 g/mol. The molecule has 1 unspecified atom stereocenters. The number of rotatable bonds is 6. The van der Waals surface area contributed by atoms with Gasteiger partial charge in [0.1, 0.15) is 5.82 Å². The maximum Gasteiger partial charge on any atom is 0.258 e. The van der Waals surface area contributed by atoms with Crippen LogP contribution in [-0.2, 0) is 6.54 Å². The molecule has 0 saturated carbocycles. The van der Waals surface area contributed by atoms with Gasteiger partial charge in [-0.25, -0.2) is 4.98 Å². The SMILES string of the molecule is CN(C)CC(C)(O)CNCc1nc2ccccc2c(=O)[nH]1. The molecule has 1 heterocycles. The van der Waals surface area contributed by atoms with Crippen molar-refractivity contribution in [3.63, 3.8) is 0 Å². The predicted molar refractivity (Wildman–Crippen MR) is 83.2 cm³/mol. The summed E-state index contributed by atoms with van der Waals surface area (Å²) in [5.74, 6) is 0.569. The molecule has 1 atom stereocenters. The smallest absolute Gasteiger partial charge is 0.258 e. The molecule has 0 radical (unpaired) electrons. The number of aliphatic hydroxyl groups is 1. The summed E-state index contributed by atoms with van der Waals surface area (Å²) in [4.78, 5) is 21.0. The number of nitrogens with one attached hydrogen (secondary N) is 2. The summed E-state index contributed by atoms with van der Waals surface area (Å²) in [6, 6.07) is 7.24. The van der Waals surface area contributed by atoms with Crippen molar-refractivity contribution < 1.29 is 5.11 Å². The molecule has 6 nitrogen and oxygen atoms in total. The zero-order valence-corrected chi connectivity index (χ0v) is 12.7. The van der Waals surface area contributed by atoms with Crippen molar-refractivity contribution in [3.8, 4) is 0 Å². The summed E-state index contributed by atoms with van der Waals surface area (Å²) in [5.41, 5.74) is -0.295. The van der Waals surface area contributed by atoms with Gasteiger partial charge in [-0.2, -0.15) is 0 Å². The van der Waals surface area contributed by atoms with Crippen LogP contribution in [0.3, 0.4) is 0 Å². The molecule has 0 amide bonds. The molecule has 0 saturated heterocycles. The Morgan fingerprint density at radius 3 is 2.81 bits per heavy atom. The third-order valence-corrected chi connectivity index (χ3v) is 3.12. The average Bonchev–Trinajstić information content (AvgIpc) is 2.37. The van der Waals surface area contributed by atoms with Gasteiger partial charge in [-0.1, -0.05) is 12.1 Å². The van der Waals surface area contributed by atoms with Crippen LogP contribution in [0.1, 0.15) is 12.7 Å². The number of likely N-dealkylation sites (N-methyl/N-ethyl adjacent to an activating group) is 1. The van der Waals surface area contributed by atoms with Crippen molar-refractivity contribution in [1.29, 1.82) is 0 Å². The summed E-state index contributed by atoms with van der Waals surface area (Å²) in [6.45, 7) is 3.16. The predicted octanol–water partition coefficient (Wildman–Crippen LogP) is 0.325. The fraction of sp³-hybridized carbons (Fsp3) is 0.467. The monoisotopic (exact) mass is 290 g/mol. The highest BCUT2D eigenvalue weighted by Gasteiger charge is 2.20. The molecule has 0 fully saturated rings. The molecule has 0 aliphatic carbocycles. The zero-order chi connectivity index (χ0) is 15.5. The largest absolute Gasteiger partial charge is 0.388 e. The van der Waals surface area contributed by atoms with Crippen LogP contribution in [0.25, 0.3) is 10.9 Å². The van der Waals surface area contributed by atoms with E-state index in [-0.39, 0.29) is 5.56 Å². The Labute approximate surface area is 123 Å². The van der Waals surface area contributed by atoms with E-state index in [4.69, 9.17) is 0 Å². The number of hydrogen-bond acceptors (Lipinski definition) is 5. The van der Waals surface area contributed by atoms with E-state index < -0.39 is 5.60 Å². The van der Waals surface area contributed by atoms with Gasteiger partial charge < -0.3 is 20.3 Å². The Morgan fingerprint density at radius 1 is 1.38 bits per heavy atom. The minimum atomic E-state index is -0.833. The van der Waals surface area contributed by atoms with Crippen molar-refractivity contribution in [1.82, 2.24) is 20.2 Å². The number of para-hydroxylation sites is 1. The normalized spacial score (nSPS) is 14.5. The highest BCUT2D eigenvalue weighted by molar-refractivity contribution is 5.77. The zero-order valence-electron chi connectivity index (χ0n) is 12.7. The number of benzene rings is 1. The van der Waals surface area contributed by atoms with E-state index in [0.29, 0.717) is 36.4 Å². The number of aromatic nitrogens is 2.